The van der Waals surface area contributed by atoms with E-state index in [9.17, 15) is 8.42 Å². The molecule has 2 rings (SSSR count). The summed E-state index contributed by atoms with van der Waals surface area (Å²) in [5.74, 6) is 0.566. The van der Waals surface area contributed by atoms with Crippen molar-refractivity contribution in [1.82, 2.24) is 4.72 Å². The van der Waals surface area contributed by atoms with Crippen LogP contribution in [0, 0.1) is 5.41 Å². The Bertz CT molecular complexity index is 777. The summed E-state index contributed by atoms with van der Waals surface area (Å²) in [6.45, 7) is 0.161. The third-order valence-corrected chi connectivity index (χ3v) is 4.49. The van der Waals surface area contributed by atoms with Crippen molar-refractivity contribution in [3.8, 4) is 5.75 Å². The Labute approximate surface area is 141 Å². The molecule has 0 amide bonds. The first-order valence-electron chi connectivity index (χ1n) is 6.49. The van der Waals surface area contributed by atoms with Gasteiger partial charge in [0, 0.05) is 12.1 Å². The second-order valence-corrected chi connectivity index (χ2v) is 6.38. The van der Waals surface area contributed by atoms with Crippen LogP contribution in [0.2, 0.25) is 0 Å². The molecule has 0 aliphatic carbocycles. The lowest BCUT2D eigenvalue weighted by Gasteiger charge is -2.08. The minimum absolute atomic E-state index is 0. The van der Waals surface area contributed by atoms with E-state index in [1.807, 2.05) is 6.07 Å². The van der Waals surface area contributed by atoms with Crippen LogP contribution in [0.4, 0.5) is 0 Å². The molecule has 0 bridgehead atoms. The van der Waals surface area contributed by atoms with Gasteiger partial charge < -0.3 is 10.5 Å². The first-order valence-corrected chi connectivity index (χ1v) is 7.98. The number of rotatable bonds is 6. The quantitative estimate of drug-likeness (QED) is 0.543. The van der Waals surface area contributed by atoms with Crippen LogP contribution in [0.15, 0.2) is 53.4 Å². The zero-order valence-electron chi connectivity index (χ0n) is 12.4. The molecule has 2 aromatic rings. The topological polar surface area (TPSA) is 105 Å². The average molecular weight is 356 g/mol. The molecule has 0 aromatic heterocycles. The number of sulfonamides is 1. The Morgan fingerprint density at radius 2 is 1.87 bits per heavy atom. The van der Waals surface area contributed by atoms with Crippen molar-refractivity contribution in [3.05, 3.63) is 59.7 Å². The van der Waals surface area contributed by atoms with Crippen LogP contribution in [0.5, 0.6) is 5.75 Å². The van der Waals surface area contributed by atoms with Crippen molar-refractivity contribution >= 4 is 28.3 Å². The molecule has 0 aliphatic rings. The van der Waals surface area contributed by atoms with Gasteiger partial charge in [0.2, 0.25) is 10.0 Å². The molecule has 0 heterocycles. The molecule has 6 nitrogen and oxygen atoms in total. The van der Waals surface area contributed by atoms with Crippen LogP contribution < -0.4 is 15.2 Å². The third kappa shape index (κ3) is 4.95. The van der Waals surface area contributed by atoms with Gasteiger partial charge in [-0.15, -0.1) is 12.4 Å². The number of methoxy groups -OCH3 is 1. The zero-order valence-corrected chi connectivity index (χ0v) is 14.1. The van der Waals surface area contributed by atoms with Crippen LogP contribution in [-0.2, 0) is 16.6 Å². The van der Waals surface area contributed by atoms with Crippen LogP contribution >= 0.6 is 12.4 Å². The maximum atomic E-state index is 12.2. The smallest absolute Gasteiger partial charge is 0.240 e. The summed E-state index contributed by atoms with van der Waals surface area (Å²) >= 11 is 0. The molecule has 0 aliphatic heterocycles. The monoisotopic (exact) mass is 355 g/mol. The standard InChI is InChI=1S/C15H17N3O3S.ClH/c1-21-13-4-2-3-11(9-13)10-18-22(19,20)14-7-5-12(6-8-14)15(16)17;/h2-9,18H,10H2,1H3,(H3,16,17);1H. The fourth-order valence-corrected chi connectivity index (χ4v) is 2.88. The van der Waals surface area contributed by atoms with Crippen molar-refractivity contribution in [2.24, 2.45) is 5.73 Å². The van der Waals surface area contributed by atoms with Gasteiger partial charge in [-0.2, -0.15) is 0 Å². The van der Waals surface area contributed by atoms with Crippen molar-refractivity contribution in [3.63, 3.8) is 0 Å². The number of nitrogens with one attached hydrogen (secondary N) is 2. The number of benzene rings is 2. The number of amidine groups is 1. The number of hydrogen-bond acceptors (Lipinski definition) is 4. The summed E-state index contributed by atoms with van der Waals surface area (Å²) < 4.78 is 32.0. The number of nitrogen functional groups attached to an aromatic ring is 1. The van der Waals surface area contributed by atoms with Crippen molar-refractivity contribution in [2.45, 2.75) is 11.4 Å². The third-order valence-electron chi connectivity index (χ3n) is 3.08. The summed E-state index contributed by atoms with van der Waals surface area (Å²) in [7, 11) is -2.07. The maximum Gasteiger partial charge on any atom is 0.240 e. The van der Waals surface area contributed by atoms with Gasteiger partial charge in [0.05, 0.1) is 12.0 Å². The van der Waals surface area contributed by atoms with Gasteiger partial charge >= 0.3 is 0 Å². The number of ether oxygens (including phenoxy) is 1. The number of nitrogens with two attached hydrogens (primary N) is 1. The molecule has 23 heavy (non-hydrogen) atoms. The van der Waals surface area contributed by atoms with Crippen molar-refractivity contribution < 1.29 is 13.2 Å². The Morgan fingerprint density at radius 3 is 2.43 bits per heavy atom. The highest BCUT2D eigenvalue weighted by Gasteiger charge is 2.13. The molecular formula is C15H18ClN3O3S. The van der Waals surface area contributed by atoms with Crippen LogP contribution in [0.1, 0.15) is 11.1 Å². The SMILES string of the molecule is COc1cccc(CNS(=O)(=O)c2ccc(C(=N)N)cc2)c1.Cl. The molecule has 0 atom stereocenters. The average Bonchev–Trinajstić information content (AvgIpc) is 2.53. The lowest BCUT2D eigenvalue weighted by molar-refractivity contribution is 0.414. The van der Waals surface area contributed by atoms with E-state index in [4.69, 9.17) is 15.9 Å². The molecular weight excluding hydrogens is 338 g/mol. The summed E-state index contributed by atoms with van der Waals surface area (Å²) in [5, 5.41) is 7.29. The largest absolute Gasteiger partial charge is 0.497 e. The molecule has 124 valence electrons. The molecule has 0 saturated heterocycles. The Kier molecular flexibility index (Phi) is 6.56. The normalized spacial score (nSPS) is 10.7. The lowest BCUT2D eigenvalue weighted by Crippen LogP contribution is -2.23. The van der Waals surface area contributed by atoms with Gasteiger partial charge in [0.1, 0.15) is 11.6 Å². The summed E-state index contributed by atoms with van der Waals surface area (Å²) in [4.78, 5) is 0.125. The van der Waals surface area contributed by atoms with E-state index in [0.717, 1.165) is 5.56 Å². The first kappa shape index (κ1) is 19.0. The van der Waals surface area contributed by atoms with Gasteiger partial charge in [-0.25, -0.2) is 13.1 Å². The second-order valence-electron chi connectivity index (χ2n) is 4.61. The minimum atomic E-state index is -3.62. The highest BCUT2D eigenvalue weighted by Crippen LogP contribution is 2.14. The fourth-order valence-electron chi connectivity index (χ4n) is 1.86. The van der Waals surface area contributed by atoms with Gasteiger partial charge in [0.25, 0.3) is 0 Å². The van der Waals surface area contributed by atoms with Crippen LogP contribution in [-0.4, -0.2) is 21.4 Å². The Morgan fingerprint density at radius 1 is 1.22 bits per heavy atom. The number of halogens is 1. The Balaban J connectivity index is 0.00000264. The van der Waals surface area contributed by atoms with E-state index in [1.54, 1.807) is 25.3 Å². The lowest BCUT2D eigenvalue weighted by atomic mass is 10.2. The molecule has 2 aromatic carbocycles. The molecule has 4 N–H and O–H groups in total. The minimum Gasteiger partial charge on any atom is -0.497 e. The molecule has 0 unspecified atom stereocenters. The summed E-state index contributed by atoms with van der Waals surface area (Å²) in [5.41, 5.74) is 6.61. The Hall–Kier alpha value is -2.09. The summed E-state index contributed by atoms with van der Waals surface area (Å²) in [6, 6.07) is 13.0. The van der Waals surface area contributed by atoms with Gasteiger partial charge in [0.15, 0.2) is 0 Å². The van der Waals surface area contributed by atoms with E-state index < -0.39 is 10.0 Å². The van der Waals surface area contributed by atoms with Gasteiger partial charge in [-0.3, -0.25) is 5.41 Å². The van der Waals surface area contributed by atoms with Crippen LogP contribution in [0.25, 0.3) is 0 Å². The molecule has 0 radical (unpaired) electrons. The van der Waals surface area contributed by atoms with Gasteiger partial charge in [-0.1, -0.05) is 12.1 Å². The molecule has 8 heteroatoms. The highest BCUT2D eigenvalue weighted by molar-refractivity contribution is 7.89. The van der Waals surface area contributed by atoms with Crippen molar-refractivity contribution in [2.75, 3.05) is 7.11 Å². The number of hydrogen-bond donors (Lipinski definition) is 3. The predicted octanol–water partition coefficient (Wildman–Crippen LogP) is 1.88. The molecule has 0 spiro atoms. The molecule has 0 fully saturated rings. The predicted molar refractivity (Wildman–Crippen MR) is 91.7 cm³/mol. The zero-order chi connectivity index (χ0) is 16.2. The van der Waals surface area contributed by atoms with E-state index in [0.29, 0.717) is 11.3 Å². The molecule has 0 saturated carbocycles. The van der Waals surface area contributed by atoms with Gasteiger partial charge in [-0.05, 0) is 42.0 Å². The first-order chi connectivity index (χ1) is 10.4. The highest BCUT2D eigenvalue weighted by atomic mass is 35.5. The van der Waals surface area contributed by atoms with E-state index >= 15 is 0 Å². The van der Waals surface area contributed by atoms with E-state index in [2.05, 4.69) is 4.72 Å². The summed E-state index contributed by atoms with van der Waals surface area (Å²) in [6.07, 6.45) is 0. The maximum absolute atomic E-state index is 12.2. The van der Waals surface area contributed by atoms with Crippen molar-refractivity contribution in [1.29, 1.82) is 5.41 Å². The second kappa shape index (κ2) is 7.96. The van der Waals surface area contributed by atoms with Crippen LogP contribution in [0.3, 0.4) is 0 Å². The van der Waals surface area contributed by atoms with E-state index in [1.165, 1.54) is 24.3 Å². The van der Waals surface area contributed by atoms with E-state index in [-0.39, 0.29) is 29.7 Å². The fraction of sp³-hybridized carbons (Fsp3) is 0.133.